The summed E-state index contributed by atoms with van der Waals surface area (Å²) in [6.07, 6.45) is 3.33. The number of nitrogens with zero attached hydrogens (tertiary/aromatic N) is 3. The maximum atomic E-state index is 5.53. The smallest absolute Gasteiger partial charge is 0.236 e. The van der Waals surface area contributed by atoms with Crippen LogP contribution in [0.1, 0.15) is 36.6 Å². The quantitative estimate of drug-likeness (QED) is 0.487. The number of aliphatic imine (C=N–C) groups is 1. The molecule has 0 fully saturated rings. The Kier molecular flexibility index (Phi) is 6.06. The number of rotatable bonds is 7. The van der Waals surface area contributed by atoms with Crippen LogP contribution in [0, 0.1) is 0 Å². The Hall–Kier alpha value is -2.61. The zero-order chi connectivity index (χ0) is 18.4. The molecule has 138 valence electrons. The summed E-state index contributed by atoms with van der Waals surface area (Å²) in [5.41, 5.74) is 2.92. The highest BCUT2D eigenvalue weighted by molar-refractivity contribution is 7.13. The summed E-state index contributed by atoms with van der Waals surface area (Å²) < 4.78 is 10.9. The Balaban J connectivity index is 1.56. The first kappa shape index (κ1) is 18.2. The molecule has 0 bridgehead atoms. The van der Waals surface area contributed by atoms with Crippen LogP contribution in [0.25, 0.3) is 10.8 Å². The van der Waals surface area contributed by atoms with Gasteiger partial charge in [-0.2, -0.15) is 0 Å². The van der Waals surface area contributed by atoms with Crippen molar-refractivity contribution < 1.29 is 8.94 Å². The summed E-state index contributed by atoms with van der Waals surface area (Å²) in [7, 11) is 1.74. The molecular formula is C18H23N5O2S. The molecule has 2 N–H and O–H groups in total. The first-order valence-electron chi connectivity index (χ1n) is 8.64. The maximum absolute atomic E-state index is 5.53. The molecule has 0 aliphatic heterocycles. The first-order chi connectivity index (χ1) is 12.7. The molecule has 0 unspecified atom stereocenters. The second-order valence-corrected chi connectivity index (χ2v) is 6.59. The van der Waals surface area contributed by atoms with Crippen LogP contribution in [-0.4, -0.2) is 23.1 Å². The predicted octanol–water partition coefficient (Wildman–Crippen LogP) is 3.38. The van der Waals surface area contributed by atoms with E-state index >= 15 is 0 Å². The zero-order valence-electron chi connectivity index (χ0n) is 15.2. The van der Waals surface area contributed by atoms with Gasteiger partial charge in [0.05, 0.1) is 22.8 Å². The van der Waals surface area contributed by atoms with E-state index in [0.717, 1.165) is 40.4 Å². The van der Waals surface area contributed by atoms with E-state index in [0.29, 0.717) is 24.9 Å². The van der Waals surface area contributed by atoms with Crippen LogP contribution in [-0.2, 0) is 25.9 Å². The molecule has 7 nitrogen and oxygen atoms in total. The third kappa shape index (κ3) is 4.13. The van der Waals surface area contributed by atoms with Crippen LogP contribution in [0.4, 0.5) is 0 Å². The second-order valence-electron chi connectivity index (χ2n) is 5.64. The highest BCUT2D eigenvalue weighted by Gasteiger charge is 2.14. The molecule has 0 saturated carbocycles. The van der Waals surface area contributed by atoms with Crippen LogP contribution in [0.15, 0.2) is 37.7 Å². The number of aromatic nitrogens is 2. The summed E-state index contributed by atoms with van der Waals surface area (Å²) in [5, 5.41) is 12.7. The van der Waals surface area contributed by atoms with E-state index in [1.165, 1.54) is 0 Å². The van der Waals surface area contributed by atoms with Gasteiger partial charge in [0.25, 0.3) is 0 Å². The van der Waals surface area contributed by atoms with Gasteiger partial charge in [-0.25, -0.2) is 4.98 Å². The summed E-state index contributed by atoms with van der Waals surface area (Å²) in [4.78, 5) is 9.77. The lowest BCUT2D eigenvalue weighted by atomic mass is 10.1. The van der Waals surface area contributed by atoms with Crippen molar-refractivity contribution in [1.82, 2.24) is 20.8 Å². The molecule has 0 spiro atoms. The molecule has 0 aliphatic rings. The highest BCUT2D eigenvalue weighted by atomic mass is 32.1. The number of nitrogens with one attached hydrogen (secondary N) is 2. The zero-order valence-corrected chi connectivity index (χ0v) is 16.0. The number of guanidine groups is 1. The van der Waals surface area contributed by atoms with Gasteiger partial charge in [-0.1, -0.05) is 25.1 Å². The molecule has 26 heavy (non-hydrogen) atoms. The fourth-order valence-corrected chi connectivity index (χ4v) is 3.26. The van der Waals surface area contributed by atoms with Crippen LogP contribution in [0.5, 0.6) is 0 Å². The van der Waals surface area contributed by atoms with Crippen LogP contribution in [0.2, 0.25) is 0 Å². The van der Waals surface area contributed by atoms with Crippen molar-refractivity contribution in [1.29, 1.82) is 0 Å². The monoisotopic (exact) mass is 373 g/mol. The molecule has 0 amide bonds. The van der Waals surface area contributed by atoms with Gasteiger partial charge in [0.1, 0.15) is 12.0 Å². The Morgan fingerprint density at radius 1 is 1.23 bits per heavy atom. The summed E-state index contributed by atoms with van der Waals surface area (Å²) in [5.74, 6) is 2.25. The molecule has 0 aromatic carbocycles. The number of aryl methyl sites for hydroxylation is 2. The van der Waals surface area contributed by atoms with Crippen molar-refractivity contribution in [3.05, 3.63) is 46.5 Å². The van der Waals surface area contributed by atoms with Crippen molar-refractivity contribution in [3.63, 3.8) is 0 Å². The molecule has 0 saturated heterocycles. The minimum Gasteiger partial charge on any atom is -0.443 e. The lowest BCUT2D eigenvalue weighted by Crippen LogP contribution is -2.36. The molecule has 3 rings (SSSR count). The fraction of sp³-hybridized carbons (Fsp3) is 0.389. The Morgan fingerprint density at radius 3 is 2.77 bits per heavy atom. The molecule has 3 heterocycles. The van der Waals surface area contributed by atoms with Gasteiger partial charge in [-0.05, 0) is 17.9 Å². The average molecular weight is 373 g/mol. The van der Waals surface area contributed by atoms with Crippen molar-refractivity contribution >= 4 is 17.3 Å². The van der Waals surface area contributed by atoms with Crippen molar-refractivity contribution in [2.75, 3.05) is 7.05 Å². The Bertz CT molecular complexity index is 829. The number of hydrogen-bond acceptors (Lipinski definition) is 6. The van der Waals surface area contributed by atoms with Gasteiger partial charge in [-0.15, -0.1) is 11.3 Å². The van der Waals surface area contributed by atoms with Gasteiger partial charge in [-0.3, -0.25) is 4.99 Å². The highest BCUT2D eigenvalue weighted by Crippen LogP contribution is 2.23. The van der Waals surface area contributed by atoms with E-state index < -0.39 is 0 Å². The second kappa shape index (κ2) is 8.66. The van der Waals surface area contributed by atoms with E-state index in [4.69, 9.17) is 8.94 Å². The molecular weight excluding hydrogens is 350 g/mol. The van der Waals surface area contributed by atoms with Crippen molar-refractivity contribution in [2.45, 2.75) is 39.8 Å². The minimum atomic E-state index is 0.527. The molecule has 8 heteroatoms. The van der Waals surface area contributed by atoms with Crippen molar-refractivity contribution in [2.24, 2.45) is 4.99 Å². The van der Waals surface area contributed by atoms with E-state index in [-0.39, 0.29) is 0 Å². The standard InChI is InChI=1S/C18H23N5O2S/c1-4-14-13(15(5-2)25-23-14)10-21-18(19-3)20-9-12-11-24-17(22-12)16-7-6-8-26-16/h6-8,11H,4-5,9-10H2,1-3H3,(H2,19,20,21). The van der Waals surface area contributed by atoms with E-state index in [9.17, 15) is 0 Å². The number of hydrogen-bond donors (Lipinski definition) is 2. The van der Waals surface area contributed by atoms with E-state index in [1.807, 2.05) is 17.5 Å². The first-order valence-corrected chi connectivity index (χ1v) is 9.52. The molecule has 3 aromatic rings. The fourth-order valence-electron chi connectivity index (χ4n) is 2.61. The van der Waals surface area contributed by atoms with Crippen LogP contribution in [0.3, 0.4) is 0 Å². The van der Waals surface area contributed by atoms with Crippen molar-refractivity contribution in [3.8, 4) is 10.8 Å². The third-order valence-corrected chi connectivity index (χ3v) is 4.84. The van der Waals surface area contributed by atoms with Crippen LogP contribution < -0.4 is 10.6 Å². The largest absolute Gasteiger partial charge is 0.443 e. The normalized spacial score (nSPS) is 11.7. The predicted molar refractivity (Wildman–Crippen MR) is 102 cm³/mol. The minimum absolute atomic E-state index is 0.527. The topological polar surface area (TPSA) is 88.5 Å². The van der Waals surface area contributed by atoms with Gasteiger partial charge >= 0.3 is 0 Å². The average Bonchev–Trinajstić information content (AvgIpc) is 3.41. The molecule has 3 aromatic heterocycles. The maximum Gasteiger partial charge on any atom is 0.236 e. The Morgan fingerprint density at radius 2 is 2.08 bits per heavy atom. The van der Waals surface area contributed by atoms with Gasteiger partial charge in [0.2, 0.25) is 5.89 Å². The van der Waals surface area contributed by atoms with E-state index in [2.05, 4.69) is 39.6 Å². The van der Waals surface area contributed by atoms with Crippen LogP contribution >= 0.6 is 11.3 Å². The summed E-state index contributed by atoms with van der Waals surface area (Å²) in [6, 6.07) is 3.97. The number of oxazole rings is 1. The van der Waals surface area contributed by atoms with Gasteiger partial charge < -0.3 is 19.6 Å². The summed E-state index contributed by atoms with van der Waals surface area (Å²) >= 11 is 1.60. The van der Waals surface area contributed by atoms with E-state index in [1.54, 1.807) is 24.6 Å². The third-order valence-electron chi connectivity index (χ3n) is 3.98. The number of thiophene rings is 1. The molecule has 0 radical (unpaired) electrons. The lowest BCUT2D eigenvalue weighted by molar-refractivity contribution is 0.380. The lowest BCUT2D eigenvalue weighted by Gasteiger charge is -2.11. The van der Waals surface area contributed by atoms with Gasteiger partial charge in [0, 0.05) is 25.6 Å². The SMILES string of the molecule is CCc1noc(CC)c1CNC(=NC)NCc1coc(-c2cccs2)n1. The van der Waals surface area contributed by atoms with Gasteiger partial charge in [0.15, 0.2) is 5.96 Å². The Labute approximate surface area is 156 Å². The molecule has 0 aliphatic carbocycles. The molecule has 0 atom stereocenters. The summed E-state index contributed by atoms with van der Waals surface area (Å²) in [6.45, 7) is 5.28.